The van der Waals surface area contributed by atoms with Crippen molar-refractivity contribution >= 4 is 11.3 Å². The van der Waals surface area contributed by atoms with E-state index in [0.29, 0.717) is 31.2 Å². The van der Waals surface area contributed by atoms with E-state index >= 15 is 0 Å². The quantitative estimate of drug-likeness (QED) is 0.621. The number of nitrogens with zero attached hydrogens (tertiary/aromatic N) is 2. The van der Waals surface area contributed by atoms with Gasteiger partial charge in [-0.1, -0.05) is 27.2 Å². The predicted molar refractivity (Wildman–Crippen MR) is 98.8 cm³/mol. The van der Waals surface area contributed by atoms with Crippen molar-refractivity contribution in [2.24, 2.45) is 5.41 Å². The highest BCUT2D eigenvalue weighted by Crippen LogP contribution is 2.41. The zero-order chi connectivity index (χ0) is 19.8. The lowest BCUT2D eigenvalue weighted by Crippen LogP contribution is -2.13. The van der Waals surface area contributed by atoms with Gasteiger partial charge in [0.15, 0.2) is 0 Å². The molecular formula is C21H27F3N2O. The Labute approximate surface area is 157 Å². The number of hydrogen-bond acceptors (Lipinski definition) is 2. The molecule has 0 radical (unpaired) electrons. The number of hydrogen-bond donors (Lipinski definition) is 0. The van der Waals surface area contributed by atoms with Gasteiger partial charge in [0.05, 0.1) is 16.8 Å². The Morgan fingerprint density at radius 2 is 1.96 bits per heavy atom. The van der Waals surface area contributed by atoms with Gasteiger partial charge in [0.2, 0.25) is 0 Å². The Morgan fingerprint density at radius 1 is 1.26 bits per heavy atom. The summed E-state index contributed by atoms with van der Waals surface area (Å²) >= 11 is 0. The lowest BCUT2D eigenvalue weighted by Gasteiger charge is -2.26. The van der Waals surface area contributed by atoms with Crippen LogP contribution in [0.2, 0.25) is 0 Å². The number of aromatic nitrogens is 2. The molecule has 0 unspecified atom stereocenters. The van der Waals surface area contributed by atoms with Crippen molar-refractivity contribution in [1.82, 2.24) is 9.61 Å². The minimum atomic E-state index is -4.36. The average Bonchev–Trinajstić information content (AvgIpc) is 2.81. The van der Waals surface area contributed by atoms with Crippen LogP contribution >= 0.6 is 0 Å². The monoisotopic (exact) mass is 380 g/mol. The van der Waals surface area contributed by atoms with E-state index in [-0.39, 0.29) is 17.1 Å². The third-order valence-electron chi connectivity index (χ3n) is 5.19. The normalized spacial score (nSPS) is 15.9. The van der Waals surface area contributed by atoms with Crippen molar-refractivity contribution in [3.05, 3.63) is 35.2 Å². The van der Waals surface area contributed by atoms with Gasteiger partial charge >= 0.3 is 6.18 Å². The zero-order valence-corrected chi connectivity index (χ0v) is 16.2. The highest BCUT2D eigenvalue weighted by atomic mass is 19.4. The molecule has 3 nitrogen and oxygen atoms in total. The maximum Gasteiger partial charge on any atom is 0.416 e. The molecule has 6 heteroatoms. The molecule has 2 aromatic rings. The van der Waals surface area contributed by atoms with E-state index in [4.69, 9.17) is 0 Å². The fraction of sp³-hybridized carbons (Fsp3) is 0.619. The first kappa shape index (κ1) is 19.9. The van der Waals surface area contributed by atoms with Crippen molar-refractivity contribution in [1.29, 1.82) is 0 Å². The molecular weight excluding hydrogens is 353 g/mol. The van der Waals surface area contributed by atoms with Crippen LogP contribution in [0.15, 0.2) is 18.3 Å². The fourth-order valence-electron chi connectivity index (χ4n) is 3.75. The molecule has 0 amide bonds. The first-order valence-electron chi connectivity index (χ1n) is 9.65. The van der Waals surface area contributed by atoms with E-state index in [2.05, 4.69) is 5.10 Å². The summed E-state index contributed by atoms with van der Waals surface area (Å²) in [6.07, 6.45) is 2.48. The predicted octanol–water partition coefficient (Wildman–Crippen LogP) is 5.95. The van der Waals surface area contributed by atoms with Crippen LogP contribution in [0, 0.1) is 5.41 Å². The van der Waals surface area contributed by atoms with Crippen molar-refractivity contribution in [2.45, 2.75) is 77.8 Å². The standard InChI is InChI=1S/C21H27F3N2O/c1-20(2,3)13-16(27)8-5-9-17-19(14-6-4-7-14)18-12-15(21(22,23)24)10-11-26(18)25-17/h10-12,14H,4-9,13H2,1-3H3. The van der Waals surface area contributed by atoms with Crippen LogP contribution in [0.1, 0.15) is 82.0 Å². The van der Waals surface area contributed by atoms with Gasteiger partial charge in [0, 0.05) is 24.6 Å². The molecule has 1 aliphatic carbocycles. The summed E-state index contributed by atoms with van der Waals surface area (Å²) in [5.41, 5.74) is 1.71. The Morgan fingerprint density at radius 3 is 2.52 bits per heavy atom. The van der Waals surface area contributed by atoms with Crippen LogP contribution in [0.5, 0.6) is 0 Å². The van der Waals surface area contributed by atoms with Crippen LogP contribution < -0.4 is 0 Å². The zero-order valence-electron chi connectivity index (χ0n) is 16.2. The summed E-state index contributed by atoms with van der Waals surface area (Å²) in [4.78, 5) is 12.1. The number of carbonyl (C=O) groups excluding carboxylic acids is 1. The second-order valence-corrected chi connectivity index (χ2v) is 8.86. The van der Waals surface area contributed by atoms with Crippen molar-refractivity contribution < 1.29 is 18.0 Å². The molecule has 0 aromatic carbocycles. The van der Waals surface area contributed by atoms with E-state index in [9.17, 15) is 18.0 Å². The second kappa shape index (κ2) is 7.28. The number of alkyl halides is 3. The first-order chi connectivity index (χ1) is 12.5. The number of pyridine rings is 1. The number of carbonyl (C=O) groups is 1. The minimum Gasteiger partial charge on any atom is -0.300 e. The molecule has 1 aliphatic rings. The van der Waals surface area contributed by atoms with Crippen LogP contribution in [-0.4, -0.2) is 15.4 Å². The third-order valence-corrected chi connectivity index (χ3v) is 5.19. The van der Waals surface area contributed by atoms with Gasteiger partial charge in [0.25, 0.3) is 0 Å². The minimum absolute atomic E-state index is 0.0226. The molecule has 0 spiro atoms. The molecule has 148 valence electrons. The number of ketones is 1. The lowest BCUT2D eigenvalue weighted by molar-refractivity contribution is -0.137. The molecule has 0 atom stereocenters. The van der Waals surface area contributed by atoms with Crippen molar-refractivity contribution in [3.8, 4) is 0 Å². The van der Waals surface area contributed by atoms with Crippen LogP contribution in [0.3, 0.4) is 0 Å². The Balaban J connectivity index is 1.81. The first-order valence-corrected chi connectivity index (χ1v) is 9.65. The summed E-state index contributed by atoms with van der Waals surface area (Å²) in [7, 11) is 0. The highest BCUT2D eigenvalue weighted by Gasteiger charge is 2.33. The largest absolute Gasteiger partial charge is 0.416 e. The van der Waals surface area contributed by atoms with Crippen LogP contribution in [0.4, 0.5) is 13.2 Å². The Kier molecular flexibility index (Phi) is 5.37. The number of halogens is 3. The maximum atomic E-state index is 13.1. The third kappa shape index (κ3) is 4.71. The number of aryl methyl sites for hydroxylation is 1. The fourth-order valence-corrected chi connectivity index (χ4v) is 3.75. The van der Waals surface area contributed by atoms with Gasteiger partial charge in [-0.25, -0.2) is 4.52 Å². The van der Waals surface area contributed by atoms with E-state index in [1.54, 1.807) is 4.52 Å². The Bertz CT molecular complexity index is 826. The summed E-state index contributed by atoms with van der Waals surface area (Å²) < 4.78 is 40.9. The summed E-state index contributed by atoms with van der Waals surface area (Å²) in [6.45, 7) is 6.12. The molecule has 2 aromatic heterocycles. The molecule has 27 heavy (non-hydrogen) atoms. The van der Waals surface area contributed by atoms with E-state index < -0.39 is 11.7 Å². The molecule has 1 saturated carbocycles. The van der Waals surface area contributed by atoms with E-state index in [1.165, 1.54) is 12.3 Å². The SMILES string of the molecule is CC(C)(C)CC(=O)CCCc1nn2ccc(C(F)(F)F)cc2c1C1CCC1. The van der Waals surface area contributed by atoms with Gasteiger partial charge in [-0.05, 0) is 49.1 Å². The Hall–Kier alpha value is -1.85. The van der Waals surface area contributed by atoms with E-state index in [1.807, 2.05) is 20.8 Å². The average molecular weight is 380 g/mol. The summed E-state index contributed by atoms with van der Waals surface area (Å²) in [5.74, 6) is 0.516. The van der Waals surface area contributed by atoms with Gasteiger partial charge in [0.1, 0.15) is 5.78 Å². The van der Waals surface area contributed by atoms with Crippen molar-refractivity contribution in [3.63, 3.8) is 0 Å². The van der Waals surface area contributed by atoms with Crippen LogP contribution in [-0.2, 0) is 17.4 Å². The molecule has 1 fully saturated rings. The topological polar surface area (TPSA) is 34.4 Å². The molecule has 0 bridgehead atoms. The second-order valence-electron chi connectivity index (χ2n) is 8.86. The van der Waals surface area contributed by atoms with E-state index in [0.717, 1.165) is 36.6 Å². The molecule has 2 heterocycles. The molecule has 0 saturated heterocycles. The smallest absolute Gasteiger partial charge is 0.300 e. The van der Waals surface area contributed by atoms with Crippen LogP contribution in [0.25, 0.3) is 5.52 Å². The molecule has 0 aliphatic heterocycles. The lowest BCUT2D eigenvalue weighted by atomic mass is 9.78. The van der Waals surface area contributed by atoms with Gasteiger partial charge < -0.3 is 0 Å². The summed E-state index contributed by atoms with van der Waals surface area (Å²) in [5, 5.41) is 4.55. The maximum absolute atomic E-state index is 13.1. The molecule has 3 rings (SSSR count). The summed E-state index contributed by atoms with van der Waals surface area (Å²) in [6, 6.07) is 2.29. The number of fused-ring (bicyclic) bond motifs is 1. The van der Waals surface area contributed by atoms with Gasteiger partial charge in [-0.3, -0.25) is 4.79 Å². The van der Waals surface area contributed by atoms with Gasteiger partial charge in [-0.2, -0.15) is 18.3 Å². The van der Waals surface area contributed by atoms with Gasteiger partial charge in [-0.15, -0.1) is 0 Å². The molecule has 0 N–H and O–H groups in total. The number of Topliss-reactive ketones (excluding diaryl/α,β-unsaturated/α-hetero) is 1. The highest BCUT2D eigenvalue weighted by molar-refractivity contribution is 5.79. The van der Waals surface area contributed by atoms with Crippen molar-refractivity contribution in [2.75, 3.05) is 0 Å². The number of rotatable bonds is 6.